The van der Waals surface area contributed by atoms with Gasteiger partial charge in [-0.25, -0.2) is 0 Å². The predicted octanol–water partition coefficient (Wildman–Crippen LogP) is 2.63. The van der Waals surface area contributed by atoms with Crippen LogP contribution in [0.5, 0.6) is 0 Å². The lowest BCUT2D eigenvalue weighted by Gasteiger charge is -2.21. The van der Waals surface area contributed by atoms with Crippen LogP contribution >= 0.6 is 15.9 Å². The summed E-state index contributed by atoms with van der Waals surface area (Å²) in [6, 6.07) is 7.91. The summed E-state index contributed by atoms with van der Waals surface area (Å²) in [5, 5.41) is 2.92. The second kappa shape index (κ2) is 5.19. The summed E-state index contributed by atoms with van der Waals surface area (Å²) < 4.78 is 6.51. The molecule has 1 N–H and O–H groups in total. The normalized spacial score (nSPS) is 23.6. The van der Waals surface area contributed by atoms with Crippen LogP contribution < -0.4 is 5.32 Å². The number of benzene rings is 1. The predicted molar refractivity (Wildman–Crippen MR) is 69.6 cm³/mol. The van der Waals surface area contributed by atoms with E-state index in [1.807, 2.05) is 31.2 Å². The molecule has 1 aliphatic rings. The summed E-state index contributed by atoms with van der Waals surface area (Å²) in [5.74, 6) is -0.0185. The minimum absolute atomic E-state index is 0.0185. The molecule has 1 atom stereocenters. The zero-order valence-electron chi connectivity index (χ0n) is 9.83. The quantitative estimate of drug-likeness (QED) is 0.931. The van der Waals surface area contributed by atoms with E-state index in [4.69, 9.17) is 4.74 Å². The van der Waals surface area contributed by atoms with E-state index in [9.17, 15) is 4.79 Å². The van der Waals surface area contributed by atoms with Crippen molar-refractivity contribution in [2.24, 2.45) is 0 Å². The highest BCUT2D eigenvalue weighted by molar-refractivity contribution is 9.10. The zero-order chi connectivity index (χ0) is 12.3. The van der Waals surface area contributed by atoms with Crippen molar-refractivity contribution in [2.45, 2.75) is 31.9 Å². The van der Waals surface area contributed by atoms with Gasteiger partial charge in [-0.15, -0.1) is 0 Å². The van der Waals surface area contributed by atoms with E-state index >= 15 is 0 Å². The standard InChI is InChI=1S/C13H16BrNO2/c1-13(6-3-7-17-13)12(16)15-9-10-4-2-5-11(14)8-10/h2,4-5,8H,3,6-7,9H2,1H3,(H,15,16). The van der Waals surface area contributed by atoms with Crippen LogP contribution in [0.15, 0.2) is 28.7 Å². The number of carbonyl (C=O) groups is 1. The second-order valence-electron chi connectivity index (χ2n) is 4.50. The summed E-state index contributed by atoms with van der Waals surface area (Å²) in [6.45, 7) is 3.08. The van der Waals surface area contributed by atoms with Gasteiger partial charge in [0.1, 0.15) is 5.60 Å². The summed E-state index contributed by atoms with van der Waals surface area (Å²) in [4.78, 5) is 12.0. The smallest absolute Gasteiger partial charge is 0.252 e. The molecule has 0 saturated carbocycles. The molecule has 3 nitrogen and oxygen atoms in total. The first-order valence-corrected chi connectivity index (χ1v) is 6.56. The zero-order valence-corrected chi connectivity index (χ0v) is 11.4. The SMILES string of the molecule is CC1(C(=O)NCc2cccc(Br)c2)CCCO1. The summed E-state index contributed by atoms with van der Waals surface area (Å²) >= 11 is 3.41. The van der Waals surface area contributed by atoms with E-state index < -0.39 is 5.60 Å². The van der Waals surface area contributed by atoms with Gasteiger partial charge in [0.25, 0.3) is 5.91 Å². The van der Waals surface area contributed by atoms with Gasteiger partial charge in [-0.3, -0.25) is 4.79 Å². The van der Waals surface area contributed by atoms with Crippen molar-refractivity contribution in [2.75, 3.05) is 6.61 Å². The highest BCUT2D eigenvalue weighted by Gasteiger charge is 2.37. The van der Waals surface area contributed by atoms with Gasteiger partial charge in [0.15, 0.2) is 0 Å². The van der Waals surface area contributed by atoms with Gasteiger partial charge in [-0.05, 0) is 37.5 Å². The Labute approximate surface area is 110 Å². The Bertz CT molecular complexity index is 414. The molecule has 1 aromatic carbocycles. The van der Waals surface area contributed by atoms with Crippen LogP contribution in [0.25, 0.3) is 0 Å². The fourth-order valence-electron chi connectivity index (χ4n) is 1.97. The molecule has 92 valence electrons. The van der Waals surface area contributed by atoms with Crippen LogP contribution in [-0.2, 0) is 16.1 Å². The van der Waals surface area contributed by atoms with Gasteiger partial charge in [-0.1, -0.05) is 28.1 Å². The minimum atomic E-state index is -0.633. The molecule has 0 spiro atoms. The molecule has 4 heteroatoms. The lowest BCUT2D eigenvalue weighted by molar-refractivity contribution is -0.139. The Kier molecular flexibility index (Phi) is 3.84. The number of ether oxygens (including phenoxy) is 1. The van der Waals surface area contributed by atoms with E-state index in [1.165, 1.54) is 0 Å². The average Bonchev–Trinajstić information content (AvgIpc) is 2.74. The molecule has 1 fully saturated rings. The van der Waals surface area contributed by atoms with Gasteiger partial charge in [0.05, 0.1) is 0 Å². The first-order chi connectivity index (χ1) is 8.10. The topological polar surface area (TPSA) is 38.3 Å². The van der Waals surface area contributed by atoms with Crippen molar-refractivity contribution in [3.63, 3.8) is 0 Å². The molecule has 1 unspecified atom stereocenters. The Hall–Kier alpha value is -0.870. The molecule has 0 aliphatic carbocycles. The van der Waals surface area contributed by atoms with Crippen LogP contribution in [0.3, 0.4) is 0 Å². The molecule has 0 aromatic heterocycles. The van der Waals surface area contributed by atoms with E-state index in [0.29, 0.717) is 13.2 Å². The molecule has 1 aromatic rings. The number of rotatable bonds is 3. The maximum Gasteiger partial charge on any atom is 0.252 e. The monoisotopic (exact) mass is 297 g/mol. The van der Waals surface area contributed by atoms with Crippen LogP contribution in [0.1, 0.15) is 25.3 Å². The maximum absolute atomic E-state index is 12.0. The van der Waals surface area contributed by atoms with E-state index in [-0.39, 0.29) is 5.91 Å². The summed E-state index contributed by atoms with van der Waals surface area (Å²) in [6.07, 6.45) is 1.76. The Balaban J connectivity index is 1.92. The molecule has 1 saturated heterocycles. The van der Waals surface area contributed by atoms with Crippen molar-refractivity contribution in [1.29, 1.82) is 0 Å². The van der Waals surface area contributed by atoms with Crippen LogP contribution in [-0.4, -0.2) is 18.1 Å². The van der Waals surface area contributed by atoms with E-state index in [2.05, 4.69) is 21.2 Å². The van der Waals surface area contributed by atoms with Crippen LogP contribution in [0, 0.1) is 0 Å². The lowest BCUT2D eigenvalue weighted by atomic mass is 10.0. The largest absolute Gasteiger partial charge is 0.365 e. The number of carbonyl (C=O) groups excluding carboxylic acids is 1. The molecule has 1 aliphatic heterocycles. The molecule has 17 heavy (non-hydrogen) atoms. The first kappa shape index (κ1) is 12.6. The molecule has 1 heterocycles. The minimum Gasteiger partial charge on any atom is -0.365 e. The highest BCUT2D eigenvalue weighted by atomic mass is 79.9. The third-order valence-electron chi connectivity index (χ3n) is 3.04. The van der Waals surface area contributed by atoms with Gasteiger partial charge in [-0.2, -0.15) is 0 Å². The van der Waals surface area contributed by atoms with Crippen molar-refractivity contribution < 1.29 is 9.53 Å². The molecule has 0 bridgehead atoms. The van der Waals surface area contributed by atoms with Gasteiger partial charge in [0, 0.05) is 17.6 Å². The molecular formula is C13H16BrNO2. The van der Waals surface area contributed by atoms with Crippen LogP contribution in [0.2, 0.25) is 0 Å². The molecule has 0 radical (unpaired) electrons. The van der Waals surface area contributed by atoms with Gasteiger partial charge in [0.2, 0.25) is 0 Å². The Morgan fingerprint density at radius 3 is 3.06 bits per heavy atom. The molecule has 1 amide bonds. The summed E-state index contributed by atoms with van der Waals surface area (Å²) in [5.41, 5.74) is 0.445. The highest BCUT2D eigenvalue weighted by Crippen LogP contribution is 2.25. The van der Waals surface area contributed by atoms with Gasteiger partial charge >= 0.3 is 0 Å². The molecule has 2 rings (SSSR count). The van der Waals surface area contributed by atoms with E-state index in [0.717, 1.165) is 22.9 Å². The second-order valence-corrected chi connectivity index (χ2v) is 5.41. The average molecular weight is 298 g/mol. The summed E-state index contributed by atoms with van der Waals surface area (Å²) in [7, 11) is 0. The third kappa shape index (κ3) is 3.07. The van der Waals surface area contributed by atoms with Crippen LogP contribution in [0.4, 0.5) is 0 Å². The first-order valence-electron chi connectivity index (χ1n) is 5.77. The third-order valence-corrected chi connectivity index (χ3v) is 3.53. The number of hydrogen-bond donors (Lipinski definition) is 1. The fourth-order valence-corrected chi connectivity index (χ4v) is 2.42. The maximum atomic E-state index is 12.0. The Morgan fingerprint density at radius 2 is 2.41 bits per heavy atom. The number of hydrogen-bond acceptors (Lipinski definition) is 2. The Morgan fingerprint density at radius 1 is 1.59 bits per heavy atom. The fraction of sp³-hybridized carbons (Fsp3) is 0.462. The van der Waals surface area contributed by atoms with E-state index in [1.54, 1.807) is 0 Å². The molecular weight excluding hydrogens is 282 g/mol. The number of nitrogens with one attached hydrogen (secondary N) is 1. The number of amides is 1. The van der Waals surface area contributed by atoms with Crippen molar-refractivity contribution >= 4 is 21.8 Å². The van der Waals surface area contributed by atoms with Crippen molar-refractivity contribution in [3.8, 4) is 0 Å². The number of halogens is 1. The van der Waals surface area contributed by atoms with Crippen molar-refractivity contribution in [1.82, 2.24) is 5.32 Å². The lowest BCUT2D eigenvalue weighted by Crippen LogP contribution is -2.43. The van der Waals surface area contributed by atoms with Crippen molar-refractivity contribution in [3.05, 3.63) is 34.3 Å². The van der Waals surface area contributed by atoms with Gasteiger partial charge < -0.3 is 10.1 Å².